The molecule has 1 atom stereocenters. The quantitative estimate of drug-likeness (QED) is 0.475. The maximum atomic E-state index is 13.4. The third-order valence-electron chi connectivity index (χ3n) is 5.21. The van der Waals surface area contributed by atoms with Crippen molar-refractivity contribution in [1.29, 1.82) is 0 Å². The number of unbranched alkanes of at least 4 members (excludes halogenated alkanes) is 1. The van der Waals surface area contributed by atoms with Crippen LogP contribution in [-0.2, 0) is 26.2 Å². The van der Waals surface area contributed by atoms with Gasteiger partial charge in [-0.3, -0.25) is 13.9 Å². The fraction of sp³-hybridized carbons (Fsp3) is 0.417. The molecule has 0 aliphatic rings. The lowest BCUT2D eigenvalue weighted by molar-refractivity contribution is -0.140. The average Bonchev–Trinajstić information content (AvgIpc) is 2.78. The van der Waals surface area contributed by atoms with Crippen molar-refractivity contribution < 1.29 is 22.4 Å². The molecule has 0 radical (unpaired) electrons. The molecule has 0 spiro atoms. The van der Waals surface area contributed by atoms with Crippen LogP contribution in [0.25, 0.3) is 0 Å². The number of carbonyl (C=O) groups is 2. The Balaban J connectivity index is 2.36. The standard InChI is InChI=1S/C24H32FN3O4S/c1-4-6-16-26-24(30)22(5-2)27(17-19-12-14-20(25)15-13-19)23(29)18-28(33(3,31)32)21-10-8-7-9-11-21/h7-15,22H,4-6,16-18H2,1-3H3,(H,26,30)/t22-/m1/s1. The van der Waals surface area contributed by atoms with Gasteiger partial charge in [0.2, 0.25) is 21.8 Å². The summed E-state index contributed by atoms with van der Waals surface area (Å²) in [6.07, 6.45) is 3.10. The van der Waals surface area contributed by atoms with Gasteiger partial charge in [0, 0.05) is 13.1 Å². The third kappa shape index (κ3) is 7.85. The number of carbonyl (C=O) groups excluding carboxylic acids is 2. The first-order chi connectivity index (χ1) is 15.7. The summed E-state index contributed by atoms with van der Waals surface area (Å²) in [4.78, 5) is 27.7. The molecule has 0 bridgehead atoms. The number of anilines is 1. The van der Waals surface area contributed by atoms with E-state index in [9.17, 15) is 22.4 Å². The molecule has 2 amide bonds. The van der Waals surface area contributed by atoms with Gasteiger partial charge in [-0.05, 0) is 42.7 Å². The Morgan fingerprint density at radius 3 is 2.21 bits per heavy atom. The van der Waals surface area contributed by atoms with Crippen molar-refractivity contribution in [3.63, 3.8) is 0 Å². The molecule has 0 aliphatic heterocycles. The number of halogens is 1. The zero-order valence-corrected chi connectivity index (χ0v) is 20.1. The Bertz CT molecular complexity index is 1010. The number of sulfonamides is 1. The van der Waals surface area contributed by atoms with Gasteiger partial charge in [0.05, 0.1) is 11.9 Å². The Labute approximate surface area is 195 Å². The van der Waals surface area contributed by atoms with Gasteiger partial charge in [-0.25, -0.2) is 12.8 Å². The number of rotatable bonds is 12. The van der Waals surface area contributed by atoms with Crippen molar-refractivity contribution in [2.24, 2.45) is 0 Å². The molecule has 0 aliphatic carbocycles. The van der Waals surface area contributed by atoms with Crippen molar-refractivity contribution in [2.75, 3.05) is 23.7 Å². The van der Waals surface area contributed by atoms with E-state index in [-0.39, 0.29) is 12.5 Å². The first-order valence-electron chi connectivity index (χ1n) is 11.0. The summed E-state index contributed by atoms with van der Waals surface area (Å²) in [6, 6.07) is 13.2. The largest absolute Gasteiger partial charge is 0.354 e. The molecule has 2 rings (SSSR count). The van der Waals surface area contributed by atoms with Gasteiger partial charge >= 0.3 is 0 Å². The van der Waals surface area contributed by atoms with E-state index in [2.05, 4.69) is 5.32 Å². The van der Waals surface area contributed by atoms with Crippen LogP contribution in [0.2, 0.25) is 0 Å². The number of hydrogen-bond donors (Lipinski definition) is 1. The molecule has 9 heteroatoms. The monoisotopic (exact) mass is 477 g/mol. The summed E-state index contributed by atoms with van der Waals surface area (Å²) < 4.78 is 39.3. The van der Waals surface area contributed by atoms with E-state index in [1.165, 1.54) is 17.0 Å². The van der Waals surface area contributed by atoms with E-state index < -0.39 is 34.3 Å². The smallest absolute Gasteiger partial charge is 0.244 e. The predicted octanol–water partition coefficient (Wildman–Crippen LogP) is 3.32. The van der Waals surface area contributed by atoms with Gasteiger partial charge in [-0.1, -0.05) is 50.6 Å². The molecule has 0 saturated carbocycles. The van der Waals surface area contributed by atoms with Crippen LogP contribution in [0.3, 0.4) is 0 Å². The minimum absolute atomic E-state index is 0.0468. The molecule has 7 nitrogen and oxygen atoms in total. The Kier molecular flexibility index (Phi) is 9.84. The van der Waals surface area contributed by atoms with Crippen LogP contribution in [-0.4, -0.2) is 50.5 Å². The maximum absolute atomic E-state index is 13.4. The summed E-state index contributed by atoms with van der Waals surface area (Å²) >= 11 is 0. The summed E-state index contributed by atoms with van der Waals surface area (Å²) in [7, 11) is -3.76. The number of hydrogen-bond acceptors (Lipinski definition) is 4. The van der Waals surface area contributed by atoms with E-state index in [0.717, 1.165) is 23.4 Å². The predicted molar refractivity (Wildman–Crippen MR) is 128 cm³/mol. The Hall–Kier alpha value is -2.94. The first kappa shape index (κ1) is 26.3. The molecule has 33 heavy (non-hydrogen) atoms. The van der Waals surface area contributed by atoms with Crippen molar-refractivity contribution in [3.05, 3.63) is 66.0 Å². The number of benzene rings is 2. The van der Waals surface area contributed by atoms with Crippen LogP contribution in [0, 0.1) is 5.82 Å². The maximum Gasteiger partial charge on any atom is 0.244 e. The molecule has 0 aromatic heterocycles. The zero-order chi connectivity index (χ0) is 24.4. The molecule has 0 unspecified atom stereocenters. The third-order valence-corrected chi connectivity index (χ3v) is 6.35. The lowest BCUT2D eigenvalue weighted by Gasteiger charge is -2.32. The van der Waals surface area contributed by atoms with E-state index in [1.807, 2.05) is 6.92 Å². The van der Waals surface area contributed by atoms with Gasteiger partial charge in [0.1, 0.15) is 18.4 Å². The molecule has 0 heterocycles. The van der Waals surface area contributed by atoms with Gasteiger partial charge < -0.3 is 10.2 Å². The summed E-state index contributed by atoms with van der Waals surface area (Å²) in [6.45, 7) is 3.88. The van der Waals surface area contributed by atoms with Crippen LogP contribution in [0.15, 0.2) is 54.6 Å². The fourth-order valence-corrected chi connectivity index (χ4v) is 4.27. The molecule has 0 fully saturated rings. The van der Waals surface area contributed by atoms with Gasteiger partial charge in [-0.2, -0.15) is 0 Å². The minimum atomic E-state index is -3.76. The van der Waals surface area contributed by atoms with Gasteiger partial charge in [0.25, 0.3) is 0 Å². The van der Waals surface area contributed by atoms with Crippen LogP contribution in [0.1, 0.15) is 38.7 Å². The highest BCUT2D eigenvalue weighted by atomic mass is 32.2. The van der Waals surface area contributed by atoms with Crippen molar-refractivity contribution in [1.82, 2.24) is 10.2 Å². The normalized spacial score (nSPS) is 12.1. The van der Waals surface area contributed by atoms with Crippen LogP contribution in [0.5, 0.6) is 0 Å². The van der Waals surface area contributed by atoms with Crippen molar-refractivity contribution >= 4 is 27.5 Å². The summed E-state index contributed by atoms with van der Waals surface area (Å²) in [5.74, 6) is -1.23. The highest BCUT2D eigenvalue weighted by molar-refractivity contribution is 7.92. The lowest BCUT2D eigenvalue weighted by Crippen LogP contribution is -2.52. The van der Waals surface area contributed by atoms with E-state index in [1.54, 1.807) is 49.4 Å². The number of nitrogens with zero attached hydrogens (tertiary/aromatic N) is 2. The topological polar surface area (TPSA) is 86.8 Å². The van der Waals surface area contributed by atoms with Crippen LogP contribution < -0.4 is 9.62 Å². The second-order valence-electron chi connectivity index (χ2n) is 7.82. The second-order valence-corrected chi connectivity index (χ2v) is 9.73. The minimum Gasteiger partial charge on any atom is -0.354 e. The fourth-order valence-electron chi connectivity index (χ4n) is 3.42. The van der Waals surface area contributed by atoms with Crippen molar-refractivity contribution in [3.8, 4) is 0 Å². The van der Waals surface area contributed by atoms with E-state index in [4.69, 9.17) is 0 Å². The van der Waals surface area contributed by atoms with Crippen LogP contribution >= 0.6 is 0 Å². The summed E-state index contributed by atoms with van der Waals surface area (Å²) in [5.41, 5.74) is 0.991. The molecule has 2 aromatic rings. The average molecular weight is 478 g/mol. The van der Waals surface area contributed by atoms with Crippen LogP contribution in [0.4, 0.5) is 10.1 Å². The number of nitrogens with one attached hydrogen (secondary N) is 1. The van der Waals surface area contributed by atoms with Gasteiger partial charge in [-0.15, -0.1) is 0 Å². The van der Waals surface area contributed by atoms with Gasteiger partial charge in [0.15, 0.2) is 0 Å². The molecule has 2 aromatic carbocycles. The summed E-state index contributed by atoms with van der Waals surface area (Å²) in [5, 5.41) is 2.86. The molecule has 1 N–H and O–H groups in total. The highest BCUT2D eigenvalue weighted by Crippen LogP contribution is 2.19. The molecular formula is C24H32FN3O4S. The van der Waals surface area contributed by atoms with E-state index >= 15 is 0 Å². The van der Waals surface area contributed by atoms with E-state index in [0.29, 0.717) is 24.2 Å². The molecular weight excluding hydrogens is 445 g/mol. The van der Waals surface area contributed by atoms with Crippen molar-refractivity contribution in [2.45, 2.75) is 45.7 Å². The Morgan fingerprint density at radius 1 is 1.03 bits per heavy atom. The Morgan fingerprint density at radius 2 is 1.67 bits per heavy atom. The number of para-hydroxylation sites is 1. The first-order valence-corrected chi connectivity index (χ1v) is 12.9. The second kappa shape index (κ2) is 12.3. The highest BCUT2D eigenvalue weighted by Gasteiger charge is 2.31. The number of amides is 2. The SMILES string of the molecule is CCCCNC(=O)[C@@H](CC)N(Cc1ccc(F)cc1)C(=O)CN(c1ccccc1)S(C)(=O)=O. The molecule has 0 saturated heterocycles. The molecule has 180 valence electrons. The lowest BCUT2D eigenvalue weighted by atomic mass is 10.1. The zero-order valence-electron chi connectivity index (χ0n) is 19.3.